The van der Waals surface area contributed by atoms with E-state index in [0.717, 1.165) is 18.7 Å². The van der Waals surface area contributed by atoms with E-state index in [2.05, 4.69) is 73.5 Å². The van der Waals surface area contributed by atoms with Crippen LogP contribution in [0, 0.1) is 5.92 Å². The molecule has 1 fully saturated rings. The molecule has 128 valence electrons. The Morgan fingerprint density at radius 1 is 1.00 bits per heavy atom. The second kappa shape index (κ2) is 7.35. The van der Waals surface area contributed by atoms with Crippen molar-refractivity contribution in [2.75, 3.05) is 13.1 Å². The molecule has 2 atom stereocenters. The van der Waals surface area contributed by atoms with Crippen molar-refractivity contribution in [3.8, 4) is 0 Å². The van der Waals surface area contributed by atoms with E-state index in [9.17, 15) is 4.79 Å². The third-order valence-electron chi connectivity index (χ3n) is 5.07. The fourth-order valence-electron chi connectivity index (χ4n) is 3.77. The molecule has 1 aliphatic heterocycles. The van der Waals surface area contributed by atoms with Crippen LogP contribution >= 0.6 is 0 Å². The molecular weight excluding hydrogens is 296 g/mol. The molecule has 0 bridgehead atoms. The van der Waals surface area contributed by atoms with Crippen molar-refractivity contribution in [3.05, 3.63) is 48.0 Å². The van der Waals surface area contributed by atoms with Gasteiger partial charge in [0.2, 0.25) is 5.91 Å². The Morgan fingerprint density at radius 3 is 2.33 bits per heavy atom. The van der Waals surface area contributed by atoms with Gasteiger partial charge in [-0.25, -0.2) is 0 Å². The van der Waals surface area contributed by atoms with Gasteiger partial charge < -0.3 is 5.32 Å². The normalized spacial score (nSPS) is 18.0. The predicted molar refractivity (Wildman–Crippen MR) is 99.9 cm³/mol. The highest BCUT2D eigenvalue weighted by atomic mass is 16.2. The lowest BCUT2D eigenvalue weighted by atomic mass is 9.99. The number of carbonyl (C=O) groups is 1. The van der Waals surface area contributed by atoms with Crippen LogP contribution in [0.2, 0.25) is 0 Å². The molecule has 3 heteroatoms. The molecular formula is C21H28N2O. The Balaban J connectivity index is 1.73. The van der Waals surface area contributed by atoms with Crippen LogP contribution < -0.4 is 5.32 Å². The van der Waals surface area contributed by atoms with Gasteiger partial charge in [0.15, 0.2) is 0 Å². The lowest BCUT2D eigenvalue weighted by molar-refractivity contribution is -0.128. The molecule has 0 radical (unpaired) electrons. The van der Waals surface area contributed by atoms with Gasteiger partial charge in [0.25, 0.3) is 0 Å². The average Bonchev–Trinajstić information content (AvgIpc) is 3.08. The van der Waals surface area contributed by atoms with Crippen molar-refractivity contribution in [3.63, 3.8) is 0 Å². The van der Waals surface area contributed by atoms with Gasteiger partial charge in [0, 0.05) is 0 Å². The second-order valence-corrected chi connectivity index (χ2v) is 7.27. The van der Waals surface area contributed by atoms with Crippen molar-refractivity contribution in [2.45, 2.75) is 45.7 Å². The standard InChI is InChI=1S/C21H28N2O/c1-15(2)20(23-12-6-7-13-23)21(24)22-16(3)18-11-10-17-8-4-5-9-19(17)14-18/h4-5,8-11,14-16,20H,6-7,12-13H2,1-3H3,(H,22,24)/t16-,20-/m1/s1. The van der Waals surface area contributed by atoms with Crippen molar-refractivity contribution in [2.24, 2.45) is 5.92 Å². The number of hydrogen-bond acceptors (Lipinski definition) is 2. The fraction of sp³-hybridized carbons (Fsp3) is 0.476. The Morgan fingerprint density at radius 2 is 1.67 bits per heavy atom. The van der Waals surface area contributed by atoms with Gasteiger partial charge in [-0.2, -0.15) is 0 Å². The summed E-state index contributed by atoms with van der Waals surface area (Å²) < 4.78 is 0. The molecule has 2 aromatic rings. The van der Waals surface area contributed by atoms with Gasteiger partial charge in [-0.05, 0) is 61.2 Å². The molecule has 3 rings (SSSR count). The van der Waals surface area contributed by atoms with Gasteiger partial charge in [0.05, 0.1) is 12.1 Å². The highest BCUT2D eigenvalue weighted by molar-refractivity contribution is 5.84. The second-order valence-electron chi connectivity index (χ2n) is 7.27. The number of nitrogens with zero attached hydrogens (tertiary/aromatic N) is 1. The molecule has 0 spiro atoms. The van der Waals surface area contributed by atoms with Gasteiger partial charge >= 0.3 is 0 Å². The van der Waals surface area contributed by atoms with Crippen molar-refractivity contribution in [1.29, 1.82) is 0 Å². The number of rotatable bonds is 5. The minimum absolute atomic E-state index is 0.0181. The molecule has 0 aromatic heterocycles. The lowest BCUT2D eigenvalue weighted by Crippen LogP contribution is -2.49. The molecule has 1 amide bonds. The fourth-order valence-corrected chi connectivity index (χ4v) is 3.77. The largest absolute Gasteiger partial charge is 0.348 e. The first-order valence-corrected chi connectivity index (χ1v) is 9.09. The number of hydrogen-bond donors (Lipinski definition) is 1. The van der Waals surface area contributed by atoms with E-state index < -0.39 is 0 Å². The van der Waals surface area contributed by atoms with Crippen LogP contribution in [-0.4, -0.2) is 29.9 Å². The van der Waals surface area contributed by atoms with Crippen LogP contribution in [-0.2, 0) is 4.79 Å². The monoisotopic (exact) mass is 324 g/mol. The summed E-state index contributed by atoms with van der Waals surface area (Å²) in [5.41, 5.74) is 1.16. The minimum atomic E-state index is -0.0181. The number of nitrogens with one attached hydrogen (secondary N) is 1. The Bertz CT molecular complexity index is 704. The Kier molecular flexibility index (Phi) is 5.20. The summed E-state index contributed by atoms with van der Waals surface area (Å²) >= 11 is 0. The van der Waals surface area contributed by atoms with E-state index >= 15 is 0 Å². The van der Waals surface area contributed by atoms with E-state index in [4.69, 9.17) is 0 Å². The first-order valence-electron chi connectivity index (χ1n) is 9.09. The zero-order valence-corrected chi connectivity index (χ0v) is 15.0. The predicted octanol–water partition coefficient (Wildman–Crippen LogP) is 4.14. The third-order valence-corrected chi connectivity index (χ3v) is 5.07. The number of benzene rings is 2. The van der Waals surface area contributed by atoms with Crippen LogP contribution in [0.5, 0.6) is 0 Å². The van der Waals surface area contributed by atoms with Crippen molar-refractivity contribution in [1.82, 2.24) is 10.2 Å². The van der Waals surface area contributed by atoms with Crippen LogP contribution in [0.15, 0.2) is 42.5 Å². The molecule has 0 unspecified atom stereocenters. The van der Waals surface area contributed by atoms with E-state index in [1.54, 1.807) is 0 Å². The first kappa shape index (κ1) is 17.0. The molecule has 1 N–H and O–H groups in total. The summed E-state index contributed by atoms with van der Waals surface area (Å²) in [6.07, 6.45) is 2.41. The highest BCUT2D eigenvalue weighted by Crippen LogP contribution is 2.22. The Labute approximate surface area is 145 Å². The molecule has 2 aromatic carbocycles. The highest BCUT2D eigenvalue weighted by Gasteiger charge is 2.31. The van der Waals surface area contributed by atoms with E-state index in [1.807, 2.05) is 0 Å². The number of carbonyl (C=O) groups excluding carboxylic acids is 1. The number of amides is 1. The summed E-state index contributed by atoms with van der Waals surface area (Å²) in [6, 6.07) is 14.8. The minimum Gasteiger partial charge on any atom is -0.348 e. The average molecular weight is 324 g/mol. The van der Waals surface area contributed by atoms with Crippen molar-refractivity contribution < 1.29 is 4.79 Å². The summed E-state index contributed by atoms with van der Waals surface area (Å²) in [4.78, 5) is 15.2. The SMILES string of the molecule is CC(C)[C@H](C(=O)N[C@H](C)c1ccc2ccccc2c1)N1CCCC1. The molecule has 0 saturated carbocycles. The molecule has 1 aliphatic rings. The maximum absolute atomic E-state index is 12.9. The zero-order valence-electron chi connectivity index (χ0n) is 15.0. The van der Waals surface area contributed by atoms with Crippen molar-refractivity contribution >= 4 is 16.7 Å². The third kappa shape index (κ3) is 3.62. The Hall–Kier alpha value is -1.87. The molecule has 0 aliphatic carbocycles. The van der Waals surface area contributed by atoms with Gasteiger partial charge in [-0.3, -0.25) is 9.69 Å². The summed E-state index contributed by atoms with van der Waals surface area (Å²) in [5, 5.41) is 5.69. The van der Waals surface area contributed by atoms with Gasteiger partial charge in [-0.1, -0.05) is 50.2 Å². The van der Waals surface area contributed by atoms with E-state index in [1.165, 1.54) is 23.6 Å². The smallest absolute Gasteiger partial charge is 0.238 e. The maximum atomic E-state index is 12.9. The molecule has 3 nitrogen and oxygen atoms in total. The van der Waals surface area contributed by atoms with Crippen LogP contribution in [0.1, 0.15) is 45.2 Å². The van der Waals surface area contributed by atoms with Gasteiger partial charge in [-0.15, -0.1) is 0 Å². The van der Waals surface area contributed by atoms with E-state index in [0.29, 0.717) is 5.92 Å². The quantitative estimate of drug-likeness (QED) is 0.896. The lowest BCUT2D eigenvalue weighted by Gasteiger charge is -2.31. The molecule has 1 saturated heterocycles. The first-order chi connectivity index (χ1) is 11.6. The maximum Gasteiger partial charge on any atom is 0.238 e. The summed E-state index contributed by atoms with van der Waals surface area (Å²) in [5.74, 6) is 0.486. The molecule has 24 heavy (non-hydrogen) atoms. The van der Waals surface area contributed by atoms with Gasteiger partial charge in [0.1, 0.15) is 0 Å². The van der Waals surface area contributed by atoms with Crippen LogP contribution in [0.4, 0.5) is 0 Å². The van der Waals surface area contributed by atoms with E-state index in [-0.39, 0.29) is 18.0 Å². The summed E-state index contributed by atoms with van der Waals surface area (Å²) in [7, 11) is 0. The van der Waals surface area contributed by atoms with Crippen LogP contribution in [0.25, 0.3) is 10.8 Å². The zero-order chi connectivity index (χ0) is 17.1. The number of fused-ring (bicyclic) bond motifs is 1. The topological polar surface area (TPSA) is 32.3 Å². The summed E-state index contributed by atoms with van der Waals surface area (Å²) in [6.45, 7) is 8.44. The number of likely N-dealkylation sites (tertiary alicyclic amines) is 1. The van der Waals surface area contributed by atoms with Crippen LogP contribution in [0.3, 0.4) is 0 Å². The molecule has 1 heterocycles.